The van der Waals surface area contributed by atoms with E-state index in [1.165, 1.54) is 18.2 Å². The minimum atomic E-state index is -0.453. The molecule has 2 rings (SSSR count). The van der Waals surface area contributed by atoms with Crippen LogP contribution in [-0.4, -0.2) is 0 Å². The number of nitrogens with two attached hydrogens (primary N) is 1. The highest BCUT2D eigenvalue weighted by atomic mass is 35.5. The fraction of sp³-hybridized carbons (Fsp3) is 0. The van der Waals surface area contributed by atoms with Gasteiger partial charge in [0.25, 0.3) is 0 Å². The first kappa shape index (κ1) is 11.4. The fourth-order valence-electron chi connectivity index (χ4n) is 1.59. The lowest BCUT2D eigenvalue weighted by molar-refractivity contribution is 0.627. The zero-order valence-electron chi connectivity index (χ0n) is 8.74. The molecule has 0 saturated heterocycles. The van der Waals surface area contributed by atoms with Crippen molar-refractivity contribution in [3.05, 3.63) is 52.8 Å². The highest BCUT2D eigenvalue weighted by Crippen LogP contribution is 2.32. The highest BCUT2D eigenvalue weighted by Gasteiger charge is 2.10. The quantitative estimate of drug-likeness (QED) is 0.782. The SMILES string of the molecule is N#Cc1cc(F)ccc1-c1cc(N)ccc1Cl. The topological polar surface area (TPSA) is 49.8 Å². The van der Waals surface area contributed by atoms with Gasteiger partial charge in [-0.05, 0) is 30.3 Å². The van der Waals surface area contributed by atoms with Crippen LogP contribution in [0.3, 0.4) is 0 Å². The first-order valence-electron chi connectivity index (χ1n) is 4.87. The zero-order chi connectivity index (χ0) is 12.4. The zero-order valence-corrected chi connectivity index (χ0v) is 9.50. The predicted molar refractivity (Wildman–Crippen MR) is 66.0 cm³/mol. The molecule has 0 fully saturated rings. The number of anilines is 1. The summed E-state index contributed by atoms with van der Waals surface area (Å²) in [5.74, 6) is -0.453. The molecule has 2 aromatic rings. The van der Waals surface area contributed by atoms with E-state index in [2.05, 4.69) is 0 Å². The molecule has 0 aliphatic rings. The Kier molecular flexibility index (Phi) is 2.99. The number of halogens is 2. The molecule has 2 aromatic carbocycles. The van der Waals surface area contributed by atoms with Crippen molar-refractivity contribution in [1.29, 1.82) is 5.26 Å². The third-order valence-corrected chi connectivity index (χ3v) is 2.71. The number of benzene rings is 2. The van der Waals surface area contributed by atoms with Crippen LogP contribution in [0.5, 0.6) is 0 Å². The van der Waals surface area contributed by atoms with Gasteiger partial charge in [0.05, 0.1) is 11.6 Å². The molecule has 0 amide bonds. The lowest BCUT2D eigenvalue weighted by Gasteiger charge is -2.07. The molecule has 17 heavy (non-hydrogen) atoms. The Hall–Kier alpha value is -2.05. The summed E-state index contributed by atoms with van der Waals surface area (Å²) in [5.41, 5.74) is 7.65. The van der Waals surface area contributed by atoms with E-state index < -0.39 is 5.82 Å². The first-order valence-corrected chi connectivity index (χ1v) is 5.24. The smallest absolute Gasteiger partial charge is 0.124 e. The van der Waals surface area contributed by atoms with Gasteiger partial charge in [-0.1, -0.05) is 17.7 Å². The second kappa shape index (κ2) is 4.44. The molecule has 0 spiro atoms. The van der Waals surface area contributed by atoms with Crippen LogP contribution in [0.1, 0.15) is 5.56 Å². The van der Waals surface area contributed by atoms with Crippen molar-refractivity contribution in [2.45, 2.75) is 0 Å². The van der Waals surface area contributed by atoms with E-state index in [0.29, 0.717) is 21.8 Å². The van der Waals surface area contributed by atoms with E-state index in [0.717, 1.165) is 0 Å². The first-order chi connectivity index (χ1) is 8.11. The maximum atomic E-state index is 13.0. The Morgan fingerprint density at radius 3 is 2.59 bits per heavy atom. The lowest BCUT2D eigenvalue weighted by Crippen LogP contribution is -1.90. The maximum Gasteiger partial charge on any atom is 0.124 e. The van der Waals surface area contributed by atoms with Crippen molar-refractivity contribution in [2.75, 3.05) is 5.73 Å². The number of hydrogen-bond acceptors (Lipinski definition) is 2. The standard InChI is InChI=1S/C13H8ClFN2/c14-13-4-2-10(17)6-12(13)11-3-1-9(15)5-8(11)7-16/h1-6H,17H2. The predicted octanol–water partition coefficient (Wildman–Crippen LogP) is 3.60. The monoisotopic (exact) mass is 246 g/mol. The molecule has 0 aliphatic heterocycles. The molecule has 0 bridgehead atoms. The third kappa shape index (κ3) is 2.22. The van der Waals surface area contributed by atoms with Crippen molar-refractivity contribution in [2.24, 2.45) is 0 Å². The van der Waals surface area contributed by atoms with Gasteiger partial charge in [0.15, 0.2) is 0 Å². The molecule has 84 valence electrons. The highest BCUT2D eigenvalue weighted by molar-refractivity contribution is 6.33. The van der Waals surface area contributed by atoms with Crippen LogP contribution in [-0.2, 0) is 0 Å². The van der Waals surface area contributed by atoms with E-state index in [-0.39, 0.29) is 5.56 Å². The Morgan fingerprint density at radius 2 is 1.88 bits per heavy atom. The van der Waals surface area contributed by atoms with Gasteiger partial charge in [-0.25, -0.2) is 4.39 Å². The Morgan fingerprint density at radius 1 is 1.12 bits per heavy atom. The number of nitriles is 1. The van der Waals surface area contributed by atoms with E-state index in [4.69, 9.17) is 22.6 Å². The molecular weight excluding hydrogens is 239 g/mol. The second-order valence-electron chi connectivity index (χ2n) is 3.54. The van der Waals surface area contributed by atoms with Crippen LogP contribution < -0.4 is 5.73 Å². The van der Waals surface area contributed by atoms with Crippen molar-refractivity contribution >= 4 is 17.3 Å². The minimum Gasteiger partial charge on any atom is -0.399 e. The van der Waals surface area contributed by atoms with Gasteiger partial charge in [0.1, 0.15) is 5.82 Å². The van der Waals surface area contributed by atoms with Crippen molar-refractivity contribution in [3.8, 4) is 17.2 Å². The summed E-state index contributed by atoms with van der Waals surface area (Å²) in [6.45, 7) is 0. The van der Waals surface area contributed by atoms with Crippen molar-refractivity contribution < 1.29 is 4.39 Å². The van der Waals surface area contributed by atoms with E-state index in [9.17, 15) is 4.39 Å². The summed E-state index contributed by atoms with van der Waals surface area (Å²) in [7, 11) is 0. The summed E-state index contributed by atoms with van der Waals surface area (Å²) in [5, 5.41) is 9.45. The van der Waals surface area contributed by atoms with Gasteiger partial charge < -0.3 is 5.73 Å². The van der Waals surface area contributed by atoms with Gasteiger partial charge in [0, 0.05) is 21.8 Å². The Labute approximate surface area is 103 Å². The number of nitrogen functional groups attached to an aromatic ring is 1. The average molecular weight is 247 g/mol. The third-order valence-electron chi connectivity index (χ3n) is 2.38. The van der Waals surface area contributed by atoms with Gasteiger partial charge in [-0.3, -0.25) is 0 Å². The summed E-state index contributed by atoms with van der Waals surface area (Å²) >= 11 is 6.04. The summed E-state index contributed by atoms with van der Waals surface area (Å²) < 4.78 is 13.0. The summed E-state index contributed by atoms with van der Waals surface area (Å²) in [4.78, 5) is 0. The van der Waals surface area contributed by atoms with Crippen LogP contribution >= 0.6 is 11.6 Å². The molecule has 2 nitrogen and oxygen atoms in total. The summed E-state index contributed by atoms with van der Waals surface area (Å²) in [6, 6.07) is 10.9. The van der Waals surface area contributed by atoms with E-state index in [1.54, 1.807) is 18.2 Å². The molecule has 4 heteroatoms. The molecule has 0 aliphatic carbocycles. The molecular formula is C13H8ClFN2. The molecule has 0 unspecified atom stereocenters. The average Bonchev–Trinajstić information content (AvgIpc) is 2.32. The van der Waals surface area contributed by atoms with Gasteiger partial charge >= 0.3 is 0 Å². The summed E-state index contributed by atoms with van der Waals surface area (Å²) in [6.07, 6.45) is 0. The minimum absolute atomic E-state index is 0.234. The molecule has 0 saturated carbocycles. The molecule has 2 N–H and O–H groups in total. The molecule has 0 aromatic heterocycles. The van der Waals surface area contributed by atoms with Gasteiger partial charge in [0.2, 0.25) is 0 Å². The lowest BCUT2D eigenvalue weighted by atomic mass is 10.00. The van der Waals surface area contributed by atoms with Crippen molar-refractivity contribution in [3.63, 3.8) is 0 Å². The largest absolute Gasteiger partial charge is 0.399 e. The van der Waals surface area contributed by atoms with Crippen LogP contribution in [0.4, 0.5) is 10.1 Å². The second-order valence-corrected chi connectivity index (χ2v) is 3.95. The number of rotatable bonds is 1. The molecule has 0 heterocycles. The van der Waals surface area contributed by atoms with Crippen LogP contribution in [0.15, 0.2) is 36.4 Å². The van der Waals surface area contributed by atoms with E-state index in [1.807, 2.05) is 6.07 Å². The Balaban J connectivity index is 2.69. The van der Waals surface area contributed by atoms with Gasteiger partial charge in [-0.2, -0.15) is 5.26 Å². The molecule has 0 radical (unpaired) electrons. The van der Waals surface area contributed by atoms with Crippen LogP contribution in [0, 0.1) is 17.1 Å². The van der Waals surface area contributed by atoms with Crippen molar-refractivity contribution in [1.82, 2.24) is 0 Å². The van der Waals surface area contributed by atoms with E-state index >= 15 is 0 Å². The van der Waals surface area contributed by atoms with Gasteiger partial charge in [-0.15, -0.1) is 0 Å². The van der Waals surface area contributed by atoms with Crippen LogP contribution in [0.25, 0.3) is 11.1 Å². The Bertz CT molecular complexity index is 617. The fourth-order valence-corrected chi connectivity index (χ4v) is 1.81. The normalized spacial score (nSPS) is 9.94. The number of nitrogens with zero attached hydrogens (tertiary/aromatic N) is 1. The number of hydrogen-bond donors (Lipinski definition) is 1. The van der Waals surface area contributed by atoms with Crippen LogP contribution in [0.2, 0.25) is 5.02 Å². The maximum absolute atomic E-state index is 13.0. The molecule has 0 atom stereocenters.